The molecule has 0 bridgehead atoms. The fraction of sp³-hybridized carbons (Fsp3) is 0.400. The molecule has 164 valence electrons. The lowest BCUT2D eigenvalue weighted by molar-refractivity contribution is -0.146. The summed E-state index contributed by atoms with van der Waals surface area (Å²) in [6, 6.07) is 17.6. The fourth-order valence-electron chi connectivity index (χ4n) is 4.35. The van der Waals surface area contributed by atoms with Crippen LogP contribution in [-0.2, 0) is 20.8 Å². The molecule has 0 saturated heterocycles. The van der Waals surface area contributed by atoms with Crippen molar-refractivity contribution >= 4 is 17.8 Å². The summed E-state index contributed by atoms with van der Waals surface area (Å²) in [5.74, 6) is -3.98. The third-order valence-electron chi connectivity index (χ3n) is 6.12. The average molecular weight is 424 g/mol. The van der Waals surface area contributed by atoms with Gasteiger partial charge >= 0.3 is 11.9 Å². The smallest absolute Gasteiger partial charge is 0.307 e. The van der Waals surface area contributed by atoms with Gasteiger partial charge in [0.1, 0.15) is 0 Å². The minimum Gasteiger partial charge on any atom is -0.481 e. The van der Waals surface area contributed by atoms with Crippen molar-refractivity contribution in [3.05, 3.63) is 60.2 Å². The summed E-state index contributed by atoms with van der Waals surface area (Å²) in [6.07, 6.45) is 2.54. The molecule has 0 spiro atoms. The number of nitrogens with one attached hydrogen (secondary N) is 1. The Bertz CT molecular complexity index is 909. The number of amides is 1. The van der Waals surface area contributed by atoms with Gasteiger partial charge in [0.2, 0.25) is 5.91 Å². The SMILES string of the molecule is C[C@H](CC(Cc1ccc(-c2ccccc2)cc1)NC(=O)[C@@H]1CCC[C@@H]1C(=O)O)C(=O)O. The molecule has 1 fully saturated rings. The number of rotatable bonds is 9. The zero-order valence-corrected chi connectivity index (χ0v) is 17.7. The number of carboxylic acid groups (broad SMARTS) is 2. The average Bonchev–Trinajstić information content (AvgIpc) is 3.25. The van der Waals surface area contributed by atoms with E-state index in [1.54, 1.807) is 6.92 Å². The number of hydrogen-bond acceptors (Lipinski definition) is 3. The maximum Gasteiger partial charge on any atom is 0.307 e. The van der Waals surface area contributed by atoms with Crippen molar-refractivity contribution < 1.29 is 24.6 Å². The van der Waals surface area contributed by atoms with Gasteiger partial charge in [0.25, 0.3) is 0 Å². The first kappa shape index (κ1) is 22.5. The Morgan fingerprint density at radius 1 is 0.935 bits per heavy atom. The van der Waals surface area contributed by atoms with E-state index in [2.05, 4.69) is 5.32 Å². The minimum atomic E-state index is -0.940. The van der Waals surface area contributed by atoms with Gasteiger partial charge in [0.05, 0.1) is 17.8 Å². The van der Waals surface area contributed by atoms with E-state index in [4.69, 9.17) is 0 Å². The molecule has 0 aromatic heterocycles. The van der Waals surface area contributed by atoms with Crippen LogP contribution in [-0.4, -0.2) is 34.1 Å². The molecule has 4 atom stereocenters. The summed E-state index contributed by atoms with van der Waals surface area (Å²) in [5.41, 5.74) is 3.18. The maximum atomic E-state index is 12.8. The molecule has 31 heavy (non-hydrogen) atoms. The molecular formula is C25H29NO5. The van der Waals surface area contributed by atoms with Gasteiger partial charge in [-0.3, -0.25) is 14.4 Å². The molecule has 2 aromatic carbocycles. The van der Waals surface area contributed by atoms with Crippen LogP contribution < -0.4 is 5.32 Å². The summed E-state index contributed by atoms with van der Waals surface area (Å²) in [4.78, 5) is 35.7. The van der Waals surface area contributed by atoms with Gasteiger partial charge in [-0.2, -0.15) is 0 Å². The highest BCUT2D eigenvalue weighted by Gasteiger charge is 2.38. The van der Waals surface area contributed by atoms with E-state index in [1.165, 1.54) is 0 Å². The van der Waals surface area contributed by atoms with Gasteiger partial charge in [0, 0.05) is 6.04 Å². The van der Waals surface area contributed by atoms with Crippen molar-refractivity contribution in [2.75, 3.05) is 0 Å². The van der Waals surface area contributed by atoms with Gasteiger partial charge in [-0.15, -0.1) is 0 Å². The molecule has 1 amide bonds. The van der Waals surface area contributed by atoms with Crippen LogP contribution in [0.4, 0.5) is 0 Å². The van der Waals surface area contributed by atoms with E-state index in [0.29, 0.717) is 25.7 Å². The first-order chi connectivity index (χ1) is 14.8. The second-order valence-corrected chi connectivity index (χ2v) is 8.43. The number of carboxylic acids is 2. The highest BCUT2D eigenvalue weighted by atomic mass is 16.4. The molecule has 0 radical (unpaired) electrons. The van der Waals surface area contributed by atoms with Gasteiger partial charge < -0.3 is 15.5 Å². The molecule has 0 aliphatic heterocycles. The molecule has 1 aliphatic rings. The van der Waals surface area contributed by atoms with Crippen LogP contribution in [0.15, 0.2) is 54.6 Å². The third-order valence-corrected chi connectivity index (χ3v) is 6.12. The monoisotopic (exact) mass is 423 g/mol. The summed E-state index contributed by atoms with van der Waals surface area (Å²) in [5, 5.41) is 21.7. The fourth-order valence-corrected chi connectivity index (χ4v) is 4.35. The van der Waals surface area contributed by atoms with Crippen LogP contribution >= 0.6 is 0 Å². The topological polar surface area (TPSA) is 104 Å². The summed E-state index contributed by atoms with van der Waals surface area (Å²) in [6.45, 7) is 1.62. The molecule has 3 N–H and O–H groups in total. The first-order valence-corrected chi connectivity index (χ1v) is 10.8. The third kappa shape index (κ3) is 5.94. The number of hydrogen-bond donors (Lipinski definition) is 3. The molecule has 6 heteroatoms. The second-order valence-electron chi connectivity index (χ2n) is 8.43. The first-order valence-electron chi connectivity index (χ1n) is 10.8. The molecule has 1 saturated carbocycles. The van der Waals surface area contributed by atoms with E-state index in [-0.39, 0.29) is 18.4 Å². The molecular weight excluding hydrogens is 394 g/mol. The molecule has 1 unspecified atom stereocenters. The normalized spacial score (nSPS) is 20.0. The lowest BCUT2D eigenvalue weighted by Crippen LogP contribution is -2.43. The van der Waals surface area contributed by atoms with Crippen molar-refractivity contribution in [2.24, 2.45) is 17.8 Å². The predicted molar refractivity (Wildman–Crippen MR) is 117 cm³/mol. The number of carbonyl (C=O) groups is 3. The molecule has 0 heterocycles. The van der Waals surface area contributed by atoms with E-state index >= 15 is 0 Å². The Morgan fingerprint density at radius 3 is 2.16 bits per heavy atom. The number of aliphatic carboxylic acids is 2. The summed E-state index contributed by atoms with van der Waals surface area (Å²) < 4.78 is 0. The van der Waals surface area contributed by atoms with Crippen LogP contribution in [0.2, 0.25) is 0 Å². The standard InChI is InChI=1S/C25H29NO5/c1-16(24(28)29)14-20(26-23(27)21-8-5-9-22(21)25(30)31)15-17-10-12-19(13-11-17)18-6-3-2-4-7-18/h2-4,6-7,10-13,16,20-22H,5,8-9,14-15H2,1H3,(H,26,27)(H,28,29)(H,30,31)/t16-,20?,21-,22+/m1/s1. The van der Waals surface area contributed by atoms with Crippen LogP contribution in [0.25, 0.3) is 11.1 Å². The van der Waals surface area contributed by atoms with Gasteiger partial charge in [-0.25, -0.2) is 0 Å². The predicted octanol–water partition coefficient (Wildman–Crippen LogP) is 3.99. The van der Waals surface area contributed by atoms with Crippen molar-refractivity contribution in [2.45, 2.75) is 45.1 Å². The molecule has 1 aliphatic carbocycles. The zero-order chi connectivity index (χ0) is 22.4. The summed E-state index contributed by atoms with van der Waals surface area (Å²) >= 11 is 0. The molecule has 2 aromatic rings. The lowest BCUT2D eigenvalue weighted by Gasteiger charge is -2.24. The van der Waals surface area contributed by atoms with Crippen LogP contribution in [0.3, 0.4) is 0 Å². The number of carbonyl (C=O) groups excluding carboxylic acids is 1. The van der Waals surface area contributed by atoms with E-state index < -0.39 is 29.7 Å². The Morgan fingerprint density at radius 2 is 1.55 bits per heavy atom. The minimum absolute atomic E-state index is 0.284. The lowest BCUT2D eigenvalue weighted by atomic mass is 9.92. The van der Waals surface area contributed by atoms with Crippen LogP contribution in [0, 0.1) is 17.8 Å². The quantitative estimate of drug-likeness (QED) is 0.566. The van der Waals surface area contributed by atoms with Crippen molar-refractivity contribution in [1.82, 2.24) is 5.32 Å². The largest absolute Gasteiger partial charge is 0.481 e. The Hall–Kier alpha value is -3.15. The van der Waals surface area contributed by atoms with Crippen LogP contribution in [0.5, 0.6) is 0 Å². The Balaban J connectivity index is 1.72. The van der Waals surface area contributed by atoms with Gasteiger partial charge in [0.15, 0.2) is 0 Å². The van der Waals surface area contributed by atoms with E-state index in [9.17, 15) is 24.6 Å². The number of benzene rings is 2. The zero-order valence-electron chi connectivity index (χ0n) is 17.7. The summed E-state index contributed by atoms with van der Waals surface area (Å²) in [7, 11) is 0. The van der Waals surface area contributed by atoms with Gasteiger partial charge in [-0.1, -0.05) is 67.9 Å². The maximum absolute atomic E-state index is 12.8. The highest BCUT2D eigenvalue weighted by molar-refractivity contribution is 5.85. The molecule has 3 rings (SSSR count). The van der Waals surface area contributed by atoms with E-state index in [0.717, 1.165) is 16.7 Å². The van der Waals surface area contributed by atoms with Crippen molar-refractivity contribution in [1.29, 1.82) is 0 Å². The van der Waals surface area contributed by atoms with Crippen molar-refractivity contribution in [3.63, 3.8) is 0 Å². The highest BCUT2D eigenvalue weighted by Crippen LogP contribution is 2.32. The van der Waals surface area contributed by atoms with Gasteiger partial charge in [-0.05, 0) is 42.4 Å². The Labute approximate surface area is 182 Å². The van der Waals surface area contributed by atoms with Crippen molar-refractivity contribution in [3.8, 4) is 11.1 Å². The van der Waals surface area contributed by atoms with Crippen LogP contribution in [0.1, 0.15) is 38.2 Å². The molecule has 6 nitrogen and oxygen atoms in total. The second kappa shape index (κ2) is 10.2. The van der Waals surface area contributed by atoms with E-state index in [1.807, 2.05) is 54.6 Å². The Kier molecular flexibility index (Phi) is 7.45.